The van der Waals surface area contributed by atoms with Gasteiger partial charge in [0.15, 0.2) is 0 Å². The lowest BCUT2D eigenvalue weighted by Gasteiger charge is -2.37. The highest BCUT2D eigenvalue weighted by Crippen LogP contribution is 2.29. The summed E-state index contributed by atoms with van der Waals surface area (Å²) < 4.78 is 0. The van der Waals surface area contributed by atoms with Crippen LogP contribution in [0.15, 0.2) is 24.3 Å². The highest BCUT2D eigenvalue weighted by Gasteiger charge is 2.35. The number of hydrogen-bond donors (Lipinski definition) is 2. The highest BCUT2D eigenvalue weighted by molar-refractivity contribution is 5.98. The van der Waals surface area contributed by atoms with Gasteiger partial charge in [-0.05, 0) is 56.6 Å². The first-order valence-electron chi connectivity index (χ1n) is 11.4. The molecule has 0 spiro atoms. The standard InChI is InChI=1S/C24H35N3O3/c1-3-14-25-23(29)21(26-22(28)20-11-7-4-8-17(20)2)18-12-15-27(16-13-18)24(30)19-9-5-6-10-19/h4,7-8,11,18-19,21H,3,5-6,9-10,12-16H2,1-2H3,(H,25,29)(H,26,28)/t21-/m0/s1. The van der Waals surface area contributed by atoms with Gasteiger partial charge in [0, 0.05) is 31.1 Å². The molecule has 0 aromatic heterocycles. The Kier molecular flexibility index (Phi) is 7.88. The smallest absolute Gasteiger partial charge is 0.252 e. The summed E-state index contributed by atoms with van der Waals surface area (Å²) in [6.07, 6.45) is 6.63. The van der Waals surface area contributed by atoms with Crippen molar-refractivity contribution < 1.29 is 14.4 Å². The van der Waals surface area contributed by atoms with Crippen molar-refractivity contribution in [3.8, 4) is 0 Å². The molecule has 1 saturated heterocycles. The lowest BCUT2D eigenvalue weighted by Crippen LogP contribution is -2.54. The molecule has 1 atom stereocenters. The Morgan fingerprint density at radius 1 is 1.07 bits per heavy atom. The van der Waals surface area contributed by atoms with Crippen molar-refractivity contribution >= 4 is 17.7 Å². The van der Waals surface area contributed by atoms with Crippen LogP contribution >= 0.6 is 0 Å². The normalized spacial score (nSPS) is 18.8. The van der Waals surface area contributed by atoms with Crippen molar-refractivity contribution in [3.05, 3.63) is 35.4 Å². The van der Waals surface area contributed by atoms with Crippen LogP contribution in [-0.2, 0) is 9.59 Å². The largest absolute Gasteiger partial charge is 0.354 e. The van der Waals surface area contributed by atoms with Crippen molar-refractivity contribution in [2.75, 3.05) is 19.6 Å². The van der Waals surface area contributed by atoms with Crippen molar-refractivity contribution in [2.24, 2.45) is 11.8 Å². The summed E-state index contributed by atoms with van der Waals surface area (Å²) in [5.74, 6) is 0.156. The van der Waals surface area contributed by atoms with Gasteiger partial charge in [-0.15, -0.1) is 0 Å². The Labute approximate surface area is 179 Å². The fourth-order valence-corrected chi connectivity index (χ4v) is 4.69. The third-order valence-electron chi connectivity index (χ3n) is 6.54. The average Bonchev–Trinajstić information content (AvgIpc) is 3.30. The number of amides is 3. The third-order valence-corrected chi connectivity index (χ3v) is 6.54. The van der Waals surface area contributed by atoms with Gasteiger partial charge in [-0.2, -0.15) is 0 Å². The zero-order valence-electron chi connectivity index (χ0n) is 18.3. The van der Waals surface area contributed by atoms with Crippen LogP contribution in [0.4, 0.5) is 0 Å². The molecule has 1 aliphatic heterocycles. The molecule has 6 heteroatoms. The fourth-order valence-electron chi connectivity index (χ4n) is 4.69. The Morgan fingerprint density at radius 3 is 2.37 bits per heavy atom. The predicted molar refractivity (Wildman–Crippen MR) is 117 cm³/mol. The van der Waals surface area contributed by atoms with Gasteiger partial charge in [0.05, 0.1) is 0 Å². The Morgan fingerprint density at radius 2 is 1.73 bits per heavy atom. The fraction of sp³-hybridized carbons (Fsp3) is 0.625. The van der Waals surface area contributed by atoms with Crippen LogP contribution in [0, 0.1) is 18.8 Å². The van der Waals surface area contributed by atoms with E-state index in [-0.39, 0.29) is 29.6 Å². The lowest BCUT2D eigenvalue weighted by atomic mass is 9.87. The molecule has 2 N–H and O–H groups in total. The van der Waals surface area contributed by atoms with Gasteiger partial charge in [0.25, 0.3) is 5.91 Å². The average molecular weight is 414 g/mol. The minimum atomic E-state index is -0.576. The second-order valence-electron chi connectivity index (χ2n) is 8.70. The van der Waals surface area contributed by atoms with Crippen LogP contribution < -0.4 is 10.6 Å². The van der Waals surface area contributed by atoms with E-state index < -0.39 is 6.04 Å². The molecular formula is C24H35N3O3. The van der Waals surface area contributed by atoms with Gasteiger partial charge in [-0.1, -0.05) is 38.0 Å². The van der Waals surface area contributed by atoms with Crippen molar-refractivity contribution in [1.29, 1.82) is 0 Å². The second-order valence-corrected chi connectivity index (χ2v) is 8.70. The minimum absolute atomic E-state index is 0.0300. The van der Waals surface area contributed by atoms with E-state index in [0.717, 1.165) is 50.5 Å². The molecule has 1 aromatic carbocycles. The van der Waals surface area contributed by atoms with E-state index in [1.165, 1.54) is 0 Å². The number of nitrogens with one attached hydrogen (secondary N) is 2. The molecule has 3 rings (SSSR count). The number of likely N-dealkylation sites (tertiary alicyclic amines) is 1. The number of carbonyl (C=O) groups is 3. The number of carbonyl (C=O) groups excluding carboxylic acids is 3. The maximum atomic E-state index is 12.9. The van der Waals surface area contributed by atoms with Gasteiger partial charge in [-0.3, -0.25) is 14.4 Å². The number of hydrogen-bond acceptors (Lipinski definition) is 3. The summed E-state index contributed by atoms with van der Waals surface area (Å²) in [7, 11) is 0. The van der Waals surface area contributed by atoms with E-state index in [1.807, 2.05) is 36.9 Å². The molecule has 2 aliphatic rings. The molecule has 0 radical (unpaired) electrons. The van der Waals surface area contributed by atoms with E-state index in [0.29, 0.717) is 25.2 Å². The van der Waals surface area contributed by atoms with Crippen LogP contribution in [0.2, 0.25) is 0 Å². The Balaban J connectivity index is 1.65. The number of piperidine rings is 1. The van der Waals surface area contributed by atoms with Gasteiger partial charge < -0.3 is 15.5 Å². The summed E-state index contributed by atoms with van der Waals surface area (Å²) in [6.45, 7) is 5.83. The van der Waals surface area contributed by atoms with Crippen LogP contribution in [0.5, 0.6) is 0 Å². The van der Waals surface area contributed by atoms with E-state index in [9.17, 15) is 14.4 Å². The summed E-state index contributed by atoms with van der Waals surface area (Å²) in [6, 6.07) is 6.84. The van der Waals surface area contributed by atoms with E-state index in [2.05, 4.69) is 10.6 Å². The van der Waals surface area contributed by atoms with Crippen LogP contribution in [-0.4, -0.2) is 48.3 Å². The zero-order valence-corrected chi connectivity index (χ0v) is 18.3. The van der Waals surface area contributed by atoms with Gasteiger partial charge >= 0.3 is 0 Å². The maximum Gasteiger partial charge on any atom is 0.252 e. The second kappa shape index (κ2) is 10.6. The Hall–Kier alpha value is -2.37. The SMILES string of the molecule is CCCNC(=O)[C@@H](NC(=O)c1ccccc1C)C1CCN(C(=O)C2CCCC2)CC1. The monoisotopic (exact) mass is 413 g/mol. The maximum absolute atomic E-state index is 12.9. The molecular weight excluding hydrogens is 378 g/mol. The summed E-state index contributed by atoms with van der Waals surface area (Å²) >= 11 is 0. The molecule has 164 valence electrons. The molecule has 0 bridgehead atoms. The lowest BCUT2D eigenvalue weighted by molar-refractivity contribution is -0.137. The summed E-state index contributed by atoms with van der Waals surface area (Å²) in [5, 5.41) is 5.94. The van der Waals surface area contributed by atoms with Crippen LogP contribution in [0.1, 0.15) is 67.8 Å². The van der Waals surface area contributed by atoms with Crippen LogP contribution in [0.25, 0.3) is 0 Å². The van der Waals surface area contributed by atoms with Crippen molar-refractivity contribution in [1.82, 2.24) is 15.5 Å². The Bertz CT molecular complexity index is 750. The van der Waals surface area contributed by atoms with Gasteiger partial charge in [-0.25, -0.2) is 0 Å². The minimum Gasteiger partial charge on any atom is -0.354 e. The molecule has 0 unspecified atom stereocenters. The first-order chi connectivity index (χ1) is 14.5. The van der Waals surface area contributed by atoms with Gasteiger partial charge in [0.1, 0.15) is 6.04 Å². The van der Waals surface area contributed by atoms with E-state index in [4.69, 9.17) is 0 Å². The number of benzene rings is 1. The number of nitrogens with zero attached hydrogens (tertiary/aromatic N) is 1. The molecule has 1 heterocycles. The topological polar surface area (TPSA) is 78.5 Å². The number of aryl methyl sites for hydroxylation is 1. The van der Waals surface area contributed by atoms with E-state index >= 15 is 0 Å². The molecule has 2 fully saturated rings. The third kappa shape index (κ3) is 5.41. The summed E-state index contributed by atoms with van der Waals surface area (Å²) in [5.41, 5.74) is 1.49. The predicted octanol–water partition coefficient (Wildman–Crippen LogP) is 3.05. The van der Waals surface area contributed by atoms with E-state index in [1.54, 1.807) is 6.07 Å². The van der Waals surface area contributed by atoms with Gasteiger partial charge in [0.2, 0.25) is 11.8 Å². The number of rotatable bonds is 7. The quantitative estimate of drug-likeness (QED) is 0.721. The van der Waals surface area contributed by atoms with Crippen LogP contribution in [0.3, 0.4) is 0 Å². The molecule has 1 aromatic rings. The van der Waals surface area contributed by atoms with Crippen molar-refractivity contribution in [2.45, 2.75) is 64.8 Å². The molecule has 1 aliphatic carbocycles. The zero-order chi connectivity index (χ0) is 21.5. The molecule has 30 heavy (non-hydrogen) atoms. The molecule has 6 nitrogen and oxygen atoms in total. The first kappa shape index (κ1) is 22.3. The highest BCUT2D eigenvalue weighted by atomic mass is 16.2. The molecule has 3 amide bonds. The first-order valence-corrected chi connectivity index (χ1v) is 11.4. The summed E-state index contributed by atoms with van der Waals surface area (Å²) in [4.78, 5) is 40.5. The molecule has 1 saturated carbocycles. The van der Waals surface area contributed by atoms with Crippen molar-refractivity contribution in [3.63, 3.8) is 0 Å².